The molecule has 0 aliphatic heterocycles. The Balaban J connectivity index is 1.63. The van der Waals surface area contributed by atoms with Crippen molar-refractivity contribution in [2.45, 2.75) is 20.3 Å². The van der Waals surface area contributed by atoms with Crippen LogP contribution in [0.15, 0.2) is 55.1 Å². The molecule has 2 aromatic carbocycles. The quantitative estimate of drug-likeness (QED) is 0.425. The molecule has 0 saturated carbocycles. The van der Waals surface area contributed by atoms with E-state index < -0.39 is 0 Å². The van der Waals surface area contributed by atoms with E-state index in [-0.39, 0.29) is 0 Å². The van der Waals surface area contributed by atoms with Crippen molar-refractivity contribution >= 4 is 21.8 Å². The minimum Gasteiger partial charge on any atom is -0.455 e. The third-order valence-corrected chi connectivity index (χ3v) is 5.47. The highest BCUT2D eigenvalue weighted by molar-refractivity contribution is 5.89. The fraction of sp³-hybridized carbons (Fsp3) is 0.167. The maximum absolute atomic E-state index is 9.42. The van der Waals surface area contributed by atoms with E-state index in [0.29, 0.717) is 11.3 Å². The Labute approximate surface area is 179 Å². The summed E-state index contributed by atoms with van der Waals surface area (Å²) in [5.74, 6) is 1.39. The van der Waals surface area contributed by atoms with Gasteiger partial charge in [-0.1, -0.05) is 19.1 Å². The number of aromatic nitrogens is 5. The first kappa shape index (κ1) is 18.8. The number of aryl methyl sites for hydroxylation is 3. The van der Waals surface area contributed by atoms with Gasteiger partial charge in [-0.25, -0.2) is 4.68 Å². The van der Waals surface area contributed by atoms with Gasteiger partial charge in [0, 0.05) is 30.1 Å². The maximum Gasteiger partial charge on any atom is 0.153 e. The number of benzene rings is 2. The number of fused-ring (bicyclic) bond motifs is 2. The van der Waals surface area contributed by atoms with Gasteiger partial charge in [0.25, 0.3) is 0 Å². The Morgan fingerprint density at radius 2 is 1.97 bits per heavy atom. The predicted molar refractivity (Wildman–Crippen MR) is 118 cm³/mol. The molecule has 0 fully saturated rings. The molecule has 0 radical (unpaired) electrons. The van der Waals surface area contributed by atoms with Crippen LogP contribution in [0, 0.1) is 18.3 Å². The van der Waals surface area contributed by atoms with Crippen molar-refractivity contribution in [3.63, 3.8) is 0 Å². The molecule has 0 amide bonds. The lowest BCUT2D eigenvalue weighted by molar-refractivity contribution is 0.484. The molecule has 0 aliphatic rings. The monoisotopic (exact) mass is 408 g/mol. The topological polar surface area (TPSA) is 81.6 Å². The standard InChI is InChI=1S/C24H20N6O/c1-4-19-17(10-25)11-26-24-20(19)6-5-7-22(24)31-23-9-21-16(8-15(23)2)12-28-30(21)18-13-27-29(3)14-18/h5-9,11-14H,4H2,1-3H3. The molecule has 0 saturated heterocycles. The van der Waals surface area contributed by atoms with Gasteiger partial charge in [-0.15, -0.1) is 0 Å². The van der Waals surface area contributed by atoms with Crippen LogP contribution in [0.2, 0.25) is 0 Å². The van der Waals surface area contributed by atoms with Gasteiger partial charge >= 0.3 is 0 Å². The van der Waals surface area contributed by atoms with Crippen LogP contribution in [-0.2, 0) is 13.5 Å². The summed E-state index contributed by atoms with van der Waals surface area (Å²) < 4.78 is 9.96. The van der Waals surface area contributed by atoms with Crippen LogP contribution in [0.5, 0.6) is 11.5 Å². The molecule has 0 atom stereocenters. The number of para-hydroxylation sites is 1. The van der Waals surface area contributed by atoms with Crippen LogP contribution in [0.4, 0.5) is 0 Å². The second-order valence-electron chi connectivity index (χ2n) is 7.48. The predicted octanol–water partition coefficient (Wildman–Crippen LogP) is 4.84. The molecule has 3 aromatic heterocycles. The van der Waals surface area contributed by atoms with E-state index in [1.54, 1.807) is 17.1 Å². The van der Waals surface area contributed by atoms with Crippen molar-refractivity contribution in [2.24, 2.45) is 7.05 Å². The first-order valence-corrected chi connectivity index (χ1v) is 10.0. The zero-order chi connectivity index (χ0) is 21.5. The van der Waals surface area contributed by atoms with Crippen LogP contribution in [0.25, 0.3) is 27.5 Å². The maximum atomic E-state index is 9.42. The second kappa shape index (κ2) is 7.26. The highest BCUT2D eigenvalue weighted by Gasteiger charge is 2.14. The van der Waals surface area contributed by atoms with Crippen molar-refractivity contribution in [3.05, 3.63) is 71.8 Å². The fourth-order valence-corrected chi connectivity index (χ4v) is 3.93. The molecule has 31 heavy (non-hydrogen) atoms. The fourth-order valence-electron chi connectivity index (χ4n) is 3.93. The summed E-state index contributed by atoms with van der Waals surface area (Å²) in [6.07, 6.45) is 7.92. The Morgan fingerprint density at radius 1 is 1.10 bits per heavy atom. The number of pyridine rings is 1. The molecule has 0 aliphatic carbocycles. The van der Waals surface area contributed by atoms with Gasteiger partial charge in [0.1, 0.15) is 23.0 Å². The normalized spacial score (nSPS) is 11.2. The Kier molecular flexibility index (Phi) is 4.41. The average Bonchev–Trinajstić information content (AvgIpc) is 3.38. The van der Waals surface area contributed by atoms with Crippen molar-refractivity contribution in [2.75, 3.05) is 0 Å². The smallest absolute Gasteiger partial charge is 0.153 e. The SMILES string of the molecule is CCc1c(C#N)cnc2c(Oc3cc4c(cnn4-c4cnn(C)c4)cc3C)cccc12. The molecule has 7 heteroatoms. The highest BCUT2D eigenvalue weighted by atomic mass is 16.5. The Hall–Kier alpha value is -4.18. The van der Waals surface area contributed by atoms with E-state index >= 15 is 0 Å². The summed E-state index contributed by atoms with van der Waals surface area (Å²) in [5.41, 5.74) is 5.15. The zero-order valence-electron chi connectivity index (χ0n) is 17.5. The first-order chi connectivity index (χ1) is 15.1. The second-order valence-corrected chi connectivity index (χ2v) is 7.48. The average molecular weight is 408 g/mol. The summed E-state index contributed by atoms with van der Waals surface area (Å²) >= 11 is 0. The van der Waals surface area contributed by atoms with Crippen molar-refractivity contribution < 1.29 is 4.74 Å². The van der Waals surface area contributed by atoms with E-state index in [4.69, 9.17) is 4.74 Å². The van der Waals surface area contributed by atoms with Crippen LogP contribution in [0.1, 0.15) is 23.6 Å². The number of ether oxygens (including phenoxy) is 1. The van der Waals surface area contributed by atoms with Crippen molar-refractivity contribution in [1.82, 2.24) is 24.5 Å². The molecule has 3 heterocycles. The molecule has 0 spiro atoms. The van der Waals surface area contributed by atoms with E-state index in [9.17, 15) is 5.26 Å². The largest absolute Gasteiger partial charge is 0.455 e. The van der Waals surface area contributed by atoms with Gasteiger partial charge in [-0.3, -0.25) is 9.67 Å². The number of hydrogen-bond donors (Lipinski definition) is 0. The Bertz CT molecular complexity index is 1490. The summed E-state index contributed by atoms with van der Waals surface area (Å²) in [7, 11) is 1.88. The van der Waals surface area contributed by atoms with Gasteiger partial charge in [-0.2, -0.15) is 15.5 Å². The van der Waals surface area contributed by atoms with E-state index in [0.717, 1.165) is 50.8 Å². The van der Waals surface area contributed by atoms with Gasteiger partial charge in [0.05, 0.1) is 29.7 Å². The molecular formula is C24H20N6O. The summed E-state index contributed by atoms with van der Waals surface area (Å²) in [6, 6.07) is 12.1. The minimum atomic E-state index is 0.602. The third-order valence-electron chi connectivity index (χ3n) is 5.47. The summed E-state index contributed by atoms with van der Waals surface area (Å²) in [6.45, 7) is 4.06. The molecule has 0 N–H and O–H groups in total. The van der Waals surface area contributed by atoms with Crippen LogP contribution < -0.4 is 4.74 Å². The molecular weight excluding hydrogens is 388 g/mol. The molecule has 5 rings (SSSR count). The van der Waals surface area contributed by atoms with Crippen LogP contribution >= 0.6 is 0 Å². The lowest BCUT2D eigenvalue weighted by atomic mass is 10.0. The third kappa shape index (κ3) is 3.09. The van der Waals surface area contributed by atoms with Gasteiger partial charge in [0.15, 0.2) is 5.75 Å². The number of rotatable bonds is 4. The van der Waals surface area contributed by atoms with Crippen molar-refractivity contribution in [3.8, 4) is 23.3 Å². The zero-order valence-corrected chi connectivity index (χ0v) is 17.5. The number of nitrogens with zero attached hydrogens (tertiary/aromatic N) is 6. The lowest BCUT2D eigenvalue weighted by Gasteiger charge is -2.13. The van der Waals surface area contributed by atoms with E-state index in [2.05, 4.69) is 27.3 Å². The van der Waals surface area contributed by atoms with Gasteiger partial charge in [0.2, 0.25) is 0 Å². The summed E-state index contributed by atoms with van der Waals surface area (Å²) in [4.78, 5) is 4.53. The lowest BCUT2D eigenvalue weighted by Crippen LogP contribution is -1.97. The molecule has 7 nitrogen and oxygen atoms in total. The van der Waals surface area contributed by atoms with Crippen LogP contribution in [0.3, 0.4) is 0 Å². The van der Waals surface area contributed by atoms with E-state index in [1.807, 2.05) is 62.2 Å². The van der Waals surface area contributed by atoms with E-state index in [1.165, 1.54) is 0 Å². The first-order valence-electron chi connectivity index (χ1n) is 10.0. The van der Waals surface area contributed by atoms with Gasteiger partial charge in [-0.05, 0) is 36.6 Å². The molecule has 152 valence electrons. The van der Waals surface area contributed by atoms with Crippen LogP contribution in [-0.4, -0.2) is 24.5 Å². The number of hydrogen-bond acceptors (Lipinski definition) is 5. The molecule has 5 aromatic rings. The van der Waals surface area contributed by atoms with Gasteiger partial charge < -0.3 is 4.74 Å². The minimum absolute atomic E-state index is 0.602. The van der Waals surface area contributed by atoms with Crippen molar-refractivity contribution in [1.29, 1.82) is 5.26 Å². The summed E-state index contributed by atoms with van der Waals surface area (Å²) in [5, 5.41) is 20.2. The number of nitriles is 1. The molecule has 0 bridgehead atoms. The highest BCUT2D eigenvalue weighted by Crippen LogP contribution is 2.35. The molecule has 0 unspecified atom stereocenters. The Morgan fingerprint density at radius 3 is 2.71 bits per heavy atom.